The number of hydrogen-bond acceptors (Lipinski definition) is 5. The normalized spacial score (nSPS) is 15.6. The third-order valence-corrected chi connectivity index (χ3v) is 5.08. The maximum Gasteiger partial charge on any atom is 0.289 e. The Bertz CT molecular complexity index is 985. The van der Waals surface area contributed by atoms with Gasteiger partial charge in [-0.2, -0.15) is 0 Å². The van der Waals surface area contributed by atoms with Gasteiger partial charge in [0.25, 0.3) is 5.91 Å². The van der Waals surface area contributed by atoms with Gasteiger partial charge in [0.15, 0.2) is 5.76 Å². The molecule has 7 nitrogen and oxygen atoms in total. The molecule has 1 fully saturated rings. The van der Waals surface area contributed by atoms with Gasteiger partial charge in [0.1, 0.15) is 11.9 Å². The number of nitrogens with zero attached hydrogens (tertiary/aromatic N) is 3. The van der Waals surface area contributed by atoms with Crippen LogP contribution in [0.15, 0.2) is 71.6 Å². The molecule has 154 valence electrons. The highest BCUT2D eigenvalue weighted by Gasteiger charge is 2.32. The minimum atomic E-state index is -0.557. The van der Waals surface area contributed by atoms with Crippen LogP contribution in [-0.4, -0.2) is 52.8 Å². The van der Waals surface area contributed by atoms with Crippen molar-refractivity contribution in [1.29, 1.82) is 0 Å². The second-order valence-electron chi connectivity index (χ2n) is 6.98. The summed E-state index contributed by atoms with van der Waals surface area (Å²) in [5.41, 5.74) is 1.32. The number of anilines is 1. The highest BCUT2D eigenvalue weighted by Crippen LogP contribution is 2.24. The molecule has 1 aliphatic heterocycles. The first kappa shape index (κ1) is 19.8. The van der Waals surface area contributed by atoms with Crippen LogP contribution in [0.4, 0.5) is 10.1 Å². The molecular weight excluding hydrogens is 387 g/mol. The Morgan fingerprint density at radius 3 is 2.33 bits per heavy atom. The predicted molar refractivity (Wildman–Crippen MR) is 108 cm³/mol. The van der Waals surface area contributed by atoms with Crippen molar-refractivity contribution in [2.75, 3.05) is 31.5 Å². The average Bonchev–Trinajstić information content (AvgIpc) is 3.31. The van der Waals surface area contributed by atoms with Gasteiger partial charge in [-0.3, -0.25) is 19.5 Å². The lowest BCUT2D eigenvalue weighted by atomic mass is 10.0. The van der Waals surface area contributed by atoms with Gasteiger partial charge in [0.2, 0.25) is 5.91 Å². The van der Waals surface area contributed by atoms with E-state index in [0.29, 0.717) is 37.6 Å². The van der Waals surface area contributed by atoms with Gasteiger partial charge in [-0.05, 0) is 54.1 Å². The quantitative estimate of drug-likeness (QED) is 0.702. The highest BCUT2D eigenvalue weighted by atomic mass is 19.1. The van der Waals surface area contributed by atoms with Gasteiger partial charge in [-0.1, -0.05) is 0 Å². The molecule has 1 aliphatic rings. The number of nitrogens with one attached hydrogen (secondary N) is 1. The van der Waals surface area contributed by atoms with E-state index in [-0.39, 0.29) is 17.6 Å². The van der Waals surface area contributed by atoms with Crippen LogP contribution in [0.25, 0.3) is 0 Å². The van der Waals surface area contributed by atoms with Crippen LogP contribution >= 0.6 is 0 Å². The number of rotatable bonds is 5. The molecule has 1 saturated heterocycles. The van der Waals surface area contributed by atoms with Gasteiger partial charge < -0.3 is 14.6 Å². The van der Waals surface area contributed by atoms with Crippen LogP contribution in [0.3, 0.4) is 0 Å². The van der Waals surface area contributed by atoms with E-state index in [1.807, 2.05) is 4.90 Å². The molecule has 0 saturated carbocycles. The Morgan fingerprint density at radius 2 is 1.70 bits per heavy atom. The molecule has 1 aromatic carbocycles. The van der Waals surface area contributed by atoms with Crippen LogP contribution in [0.5, 0.6) is 0 Å². The van der Waals surface area contributed by atoms with Gasteiger partial charge in [0.05, 0.1) is 6.26 Å². The lowest BCUT2D eigenvalue weighted by molar-refractivity contribution is -0.122. The van der Waals surface area contributed by atoms with Crippen LogP contribution in [0.2, 0.25) is 0 Å². The number of hydrogen-bond donors (Lipinski definition) is 1. The summed E-state index contributed by atoms with van der Waals surface area (Å²) < 4.78 is 18.4. The van der Waals surface area contributed by atoms with Crippen molar-refractivity contribution in [3.8, 4) is 0 Å². The van der Waals surface area contributed by atoms with Crippen molar-refractivity contribution in [3.63, 3.8) is 0 Å². The highest BCUT2D eigenvalue weighted by molar-refractivity contribution is 5.95. The molecule has 3 aromatic rings. The van der Waals surface area contributed by atoms with Crippen LogP contribution in [0.1, 0.15) is 22.2 Å². The summed E-state index contributed by atoms with van der Waals surface area (Å²) in [6.45, 7) is 2.00. The summed E-state index contributed by atoms with van der Waals surface area (Å²) in [4.78, 5) is 33.4. The van der Waals surface area contributed by atoms with E-state index in [4.69, 9.17) is 4.42 Å². The van der Waals surface area contributed by atoms with E-state index < -0.39 is 6.04 Å². The molecule has 0 spiro atoms. The van der Waals surface area contributed by atoms with Crippen molar-refractivity contribution < 1.29 is 18.4 Å². The van der Waals surface area contributed by atoms with Crippen molar-refractivity contribution in [3.05, 3.63) is 84.3 Å². The van der Waals surface area contributed by atoms with Gasteiger partial charge >= 0.3 is 0 Å². The Labute approximate surface area is 173 Å². The maximum absolute atomic E-state index is 13.2. The molecule has 1 atom stereocenters. The molecule has 0 radical (unpaired) electrons. The molecule has 0 bridgehead atoms. The zero-order valence-electron chi connectivity index (χ0n) is 16.2. The summed E-state index contributed by atoms with van der Waals surface area (Å²) in [5.74, 6) is -0.436. The molecular formula is C22H21FN4O3. The molecule has 4 rings (SSSR count). The van der Waals surface area contributed by atoms with Crippen molar-refractivity contribution in [1.82, 2.24) is 14.8 Å². The summed E-state index contributed by atoms with van der Waals surface area (Å²) in [6.07, 6.45) is 4.76. The number of halogens is 1. The van der Waals surface area contributed by atoms with Crippen LogP contribution in [0, 0.1) is 5.82 Å². The predicted octanol–water partition coefficient (Wildman–Crippen LogP) is 2.95. The van der Waals surface area contributed by atoms with E-state index in [1.54, 1.807) is 41.6 Å². The maximum atomic E-state index is 13.2. The molecule has 2 aromatic heterocycles. The monoisotopic (exact) mass is 408 g/mol. The van der Waals surface area contributed by atoms with E-state index >= 15 is 0 Å². The number of piperazine rings is 1. The first-order chi connectivity index (χ1) is 14.6. The van der Waals surface area contributed by atoms with E-state index in [0.717, 1.165) is 5.56 Å². The number of aromatic nitrogens is 1. The van der Waals surface area contributed by atoms with Crippen molar-refractivity contribution in [2.24, 2.45) is 0 Å². The lowest BCUT2D eigenvalue weighted by Gasteiger charge is -2.38. The standard InChI is InChI=1S/C22H21FN4O3/c23-17-3-5-18(6-4-17)25-21(28)20(16-7-9-24-10-8-16)26-11-13-27(14-12-26)22(29)19-2-1-15-30-19/h1-10,15,20H,11-14H2,(H,25,28). The number of furan rings is 1. The third kappa shape index (κ3) is 4.38. The number of pyridine rings is 1. The first-order valence-corrected chi connectivity index (χ1v) is 9.65. The Hall–Kier alpha value is -3.52. The Morgan fingerprint density at radius 1 is 1.00 bits per heavy atom. The van der Waals surface area contributed by atoms with Crippen molar-refractivity contribution in [2.45, 2.75) is 6.04 Å². The summed E-state index contributed by atoms with van der Waals surface area (Å²) >= 11 is 0. The zero-order chi connectivity index (χ0) is 20.9. The molecule has 1 unspecified atom stereocenters. The first-order valence-electron chi connectivity index (χ1n) is 9.65. The second-order valence-corrected chi connectivity index (χ2v) is 6.98. The fraction of sp³-hybridized carbons (Fsp3) is 0.227. The van der Waals surface area contributed by atoms with E-state index in [1.165, 1.54) is 30.5 Å². The summed E-state index contributed by atoms with van der Waals surface area (Å²) in [6, 6.07) is 12.0. The van der Waals surface area contributed by atoms with Crippen molar-refractivity contribution >= 4 is 17.5 Å². The average molecular weight is 408 g/mol. The SMILES string of the molecule is O=C(Nc1ccc(F)cc1)C(c1ccncc1)N1CCN(C(=O)c2ccco2)CC1. The van der Waals surface area contributed by atoms with Crippen LogP contribution < -0.4 is 5.32 Å². The molecule has 1 N–H and O–H groups in total. The summed E-state index contributed by atoms with van der Waals surface area (Å²) in [5, 5.41) is 2.86. The molecule has 30 heavy (non-hydrogen) atoms. The van der Waals surface area contributed by atoms with Gasteiger partial charge in [-0.15, -0.1) is 0 Å². The molecule has 3 heterocycles. The van der Waals surface area contributed by atoms with E-state index in [2.05, 4.69) is 10.3 Å². The Kier molecular flexibility index (Phi) is 5.85. The third-order valence-electron chi connectivity index (χ3n) is 5.08. The second kappa shape index (κ2) is 8.87. The zero-order valence-corrected chi connectivity index (χ0v) is 16.2. The number of amides is 2. The largest absolute Gasteiger partial charge is 0.459 e. The Balaban J connectivity index is 1.49. The van der Waals surface area contributed by atoms with Gasteiger partial charge in [-0.25, -0.2) is 4.39 Å². The van der Waals surface area contributed by atoms with E-state index in [9.17, 15) is 14.0 Å². The molecule has 0 aliphatic carbocycles. The topological polar surface area (TPSA) is 78.7 Å². The minimum Gasteiger partial charge on any atom is -0.459 e. The van der Waals surface area contributed by atoms with Gasteiger partial charge in [0, 0.05) is 44.3 Å². The summed E-state index contributed by atoms with van der Waals surface area (Å²) in [7, 11) is 0. The fourth-order valence-electron chi connectivity index (χ4n) is 3.56. The molecule has 2 amide bonds. The number of carbonyl (C=O) groups excluding carboxylic acids is 2. The minimum absolute atomic E-state index is 0.157. The lowest BCUT2D eigenvalue weighted by Crippen LogP contribution is -2.51. The smallest absolute Gasteiger partial charge is 0.289 e. The molecule has 8 heteroatoms. The number of benzene rings is 1. The number of carbonyl (C=O) groups is 2. The van der Waals surface area contributed by atoms with Crippen LogP contribution in [-0.2, 0) is 4.79 Å². The fourth-order valence-corrected chi connectivity index (χ4v) is 3.56.